The number of benzene rings is 2. The van der Waals surface area contributed by atoms with Crippen molar-refractivity contribution in [2.45, 2.75) is 31.5 Å². The van der Waals surface area contributed by atoms with E-state index in [0.29, 0.717) is 19.2 Å². The quantitative estimate of drug-likeness (QED) is 0.569. The first-order valence-corrected chi connectivity index (χ1v) is 12.1. The lowest BCUT2D eigenvalue weighted by molar-refractivity contribution is -0.158. The second-order valence-corrected chi connectivity index (χ2v) is 9.71. The molecule has 1 aromatic heterocycles. The molecule has 160 valence electrons. The SMILES string of the molecule is CCOC(=O)C12Cn3c(cc4ccccc43)[C@@H]1N1CSCC1[C@@H]2c1ccc(OC)cc1. The first kappa shape index (κ1) is 19.3. The first-order valence-electron chi connectivity index (χ1n) is 10.9. The number of hydrogen-bond donors (Lipinski definition) is 0. The molecular weight excluding hydrogens is 408 g/mol. The van der Waals surface area contributed by atoms with Gasteiger partial charge in [-0.1, -0.05) is 30.3 Å². The van der Waals surface area contributed by atoms with Crippen LogP contribution in [0.25, 0.3) is 10.9 Å². The maximum absolute atomic E-state index is 13.8. The molecule has 0 aliphatic carbocycles. The van der Waals surface area contributed by atoms with E-state index < -0.39 is 5.41 Å². The maximum atomic E-state index is 13.8. The van der Waals surface area contributed by atoms with Crippen molar-refractivity contribution >= 4 is 28.6 Å². The number of thioether (sulfide) groups is 1. The van der Waals surface area contributed by atoms with Gasteiger partial charge in [0.1, 0.15) is 11.2 Å². The van der Waals surface area contributed by atoms with Gasteiger partial charge in [0, 0.05) is 41.3 Å². The number of nitrogens with zero attached hydrogens (tertiary/aromatic N) is 2. The Labute approximate surface area is 186 Å². The summed E-state index contributed by atoms with van der Waals surface area (Å²) in [5, 5.41) is 1.24. The molecule has 0 saturated carbocycles. The topological polar surface area (TPSA) is 43.7 Å². The van der Waals surface area contributed by atoms with Crippen LogP contribution in [0.3, 0.4) is 0 Å². The summed E-state index contributed by atoms with van der Waals surface area (Å²) < 4.78 is 13.6. The fourth-order valence-electron chi connectivity index (χ4n) is 6.25. The Bertz CT molecular complexity index is 1160. The summed E-state index contributed by atoms with van der Waals surface area (Å²) in [6.45, 7) is 2.97. The highest BCUT2D eigenvalue weighted by atomic mass is 32.2. The van der Waals surface area contributed by atoms with Crippen molar-refractivity contribution < 1.29 is 14.3 Å². The Morgan fingerprint density at radius 1 is 1.19 bits per heavy atom. The Morgan fingerprint density at radius 2 is 2.00 bits per heavy atom. The lowest BCUT2D eigenvalue weighted by Crippen LogP contribution is -2.41. The van der Waals surface area contributed by atoms with Gasteiger partial charge in [-0.2, -0.15) is 0 Å². The van der Waals surface area contributed by atoms with Crippen molar-refractivity contribution in [1.82, 2.24) is 9.47 Å². The lowest BCUT2D eigenvalue weighted by Gasteiger charge is -2.34. The van der Waals surface area contributed by atoms with Crippen LogP contribution in [0, 0.1) is 5.41 Å². The normalized spacial score (nSPS) is 29.0. The molecule has 2 unspecified atom stereocenters. The van der Waals surface area contributed by atoms with Crippen molar-refractivity contribution in [3.63, 3.8) is 0 Å². The molecule has 0 bridgehead atoms. The van der Waals surface area contributed by atoms with Gasteiger partial charge in [-0.3, -0.25) is 9.69 Å². The average Bonchev–Trinajstić information content (AvgIpc) is 3.51. The molecule has 0 N–H and O–H groups in total. The van der Waals surface area contributed by atoms with E-state index in [1.807, 2.05) is 30.8 Å². The summed E-state index contributed by atoms with van der Waals surface area (Å²) in [7, 11) is 1.69. The van der Waals surface area contributed by atoms with Gasteiger partial charge in [-0.25, -0.2) is 0 Å². The van der Waals surface area contributed by atoms with Crippen LogP contribution in [0.4, 0.5) is 0 Å². The number of para-hydroxylation sites is 1. The van der Waals surface area contributed by atoms with E-state index in [2.05, 4.69) is 51.9 Å². The minimum atomic E-state index is -0.615. The molecule has 5 nitrogen and oxygen atoms in total. The maximum Gasteiger partial charge on any atom is 0.316 e. The predicted molar refractivity (Wildman–Crippen MR) is 122 cm³/mol. The third kappa shape index (κ3) is 2.52. The molecule has 6 rings (SSSR count). The molecular formula is C25H26N2O3S. The predicted octanol–water partition coefficient (Wildman–Crippen LogP) is 4.43. The summed E-state index contributed by atoms with van der Waals surface area (Å²) in [5.74, 6) is 2.84. The number of fused-ring (bicyclic) bond motifs is 7. The number of hydrogen-bond acceptors (Lipinski definition) is 5. The molecule has 3 aromatic rings. The summed E-state index contributed by atoms with van der Waals surface area (Å²) in [6.07, 6.45) is 0. The molecule has 2 saturated heterocycles. The molecule has 0 radical (unpaired) electrons. The minimum absolute atomic E-state index is 0.0334. The molecule has 0 spiro atoms. The van der Waals surface area contributed by atoms with Gasteiger partial charge in [-0.15, -0.1) is 11.8 Å². The van der Waals surface area contributed by atoms with Crippen LogP contribution in [-0.4, -0.2) is 46.8 Å². The van der Waals surface area contributed by atoms with E-state index in [0.717, 1.165) is 17.4 Å². The van der Waals surface area contributed by atoms with Crippen LogP contribution in [-0.2, 0) is 16.1 Å². The molecule has 2 fully saturated rings. The Kier molecular flexibility index (Phi) is 4.37. The number of esters is 1. The van der Waals surface area contributed by atoms with Crippen molar-refractivity contribution in [3.8, 4) is 5.75 Å². The van der Waals surface area contributed by atoms with E-state index in [1.165, 1.54) is 22.2 Å². The van der Waals surface area contributed by atoms with E-state index >= 15 is 0 Å². The Hall–Kier alpha value is -2.44. The number of ether oxygens (including phenoxy) is 2. The standard InChI is InChI=1S/C25H26N2O3S/c1-3-30-24(28)25-14-26-19-7-5-4-6-17(19)12-20(26)23(25)27-15-31-13-21(27)22(25)16-8-10-18(29-2)11-9-16/h4-12,21-23H,3,13-15H2,1-2H3/t21?,22-,23-,25?/m0/s1. The zero-order valence-corrected chi connectivity index (χ0v) is 18.6. The van der Waals surface area contributed by atoms with Crippen LogP contribution in [0.1, 0.15) is 30.1 Å². The fourth-order valence-corrected chi connectivity index (χ4v) is 7.53. The van der Waals surface area contributed by atoms with Gasteiger partial charge in [0.15, 0.2) is 0 Å². The highest BCUT2D eigenvalue weighted by Gasteiger charge is 2.69. The third-order valence-electron chi connectivity index (χ3n) is 7.39. The van der Waals surface area contributed by atoms with Crippen molar-refractivity contribution in [2.75, 3.05) is 25.3 Å². The van der Waals surface area contributed by atoms with Crippen LogP contribution in [0.5, 0.6) is 5.75 Å². The Balaban J connectivity index is 1.56. The summed E-state index contributed by atoms with van der Waals surface area (Å²) in [5.41, 5.74) is 3.03. The number of carbonyl (C=O) groups is 1. The number of carbonyl (C=O) groups excluding carboxylic acids is 1. The molecule has 31 heavy (non-hydrogen) atoms. The largest absolute Gasteiger partial charge is 0.497 e. The zero-order valence-electron chi connectivity index (χ0n) is 17.8. The second kappa shape index (κ2) is 7.04. The lowest BCUT2D eigenvalue weighted by atomic mass is 9.69. The number of methoxy groups -OCH3 is 1. The van der Waals surface area contributed by atoms with E-state index in [4.69, 9.17) is 9.47 Å². The molecule has 0 amide bonds. The van der Waals surface area contributed by atoms with Gasteiger partial charge >= 0.3 is 5.97 Å². The zero-order chi connectivity index (χ0) is 21.2. The molecule has 2 aromatic carbocycles. The summed E-state index contributed by atoms with van der Waals surface area (Å²) in [4.78, 5) is 16.4. The first-order chi connectivity index (χ1) is 15.2. The molecule has 3 aliphatic rings. The third-order valence-corrected chi connectivity index (χ3v) is 8.45. The van der Waals surface area contributed by atoms with Crippen molar-refractivity contribution in [1.29, 1.82) is 0 Å². The minimum Gasteiger partial charge on any atom is -0.497 e. The van der Waals surface area contributed by atoms with Crippen LogP contribution < -0.4 is 4.74 Å². The number of aromatic nitrogens is 1. The average molecular weight is 435 g/mol. The van der Waals surface area contributed by atoms with Crippen molar-refractivity contribution in [3.05, 3.63) is 65.9 Å². The van der Waals surface area contributed by atoms with Gasteiger partial charge in [0.25, 0.3) is 0 Å². The second-order valence-electron chi connectivity index (χ2n) is 8.71. The highest BCUT2D eigenvalue weighted by Crippen LogP contribution is 2.65. The van der Waals surface area contributed by atoms with Crippen LogP contribution in [0.2, 0.25) is 0 Å². The van der Waals surface area contributed by atoms with E-state index in [1.54, 1.807) is 7.11 Å². The summed E-state index contributed by atoms with van der Waals surface area (Å²) in [6, 6.07) is 19.4. The van der Waals surface area contributed by atoms with E-state index in [9.17, 15) is 4.79 Å². The van der Waals surface area contributed by atoms with Gasteiger partial charge in [-0.05, 0) is 42.1 Å². The van der Waals surface area contributed by atoms with E-state index in [-0.39, 0.29) is 17.9 Å². The monoisotopic (exact) mass is 434 g/mol. The Morgan fingerprint density at radius 3 is 2.77 bits per heavy atom. The number of rotatable bonds is 4. The fraction of sp³-hybridized carbons (Fsp3) is 0.400. The van der Waals surface area contributed by atoms with Gasteiger partial charge in [0.2, 0.25) is 0 Å². The van der Waals surface area contributed by atoms with Crippen LogP contribution >= 0.6 is 11.8 Å². The molecule has 4 atom stereocenters. The highest BCUT2D eigenvalue weighted by molar-refractivity contribution is 7.99. The van der Waals surface area contributed by atoms with Gasteiger partial charge < -0.3 is 14.0 Å². The molecule has 3 aliphatic heterocycles. The smallest absolute Gasteiger partial charge is 0.316 e. The van der Waals surface area contributed by atoms with Crippen LogP contribution in [0.15, 0.2) is 54.6 Å². The van der Waals surface area contributed by atoms with Crippen molar-refractivity contribution in [2.24, 2.45) is 5.41 Å². The molecule has 4 heterocycles. The molecule has 6 heteroatoms. The summed E-state index contributed by atoms with van der Waals surface area (Å²) >= 11 is 1.97. The van der Waals surface area contributed by atoms with Gasteiger partial charge in [0.05, 0.1) is 19.8 Å².